The summed E-state index contributed by atoms with van der Waals surface area (Å²) in [6.45, 7) is 0. The number of rotatable bonds is 3. The number of aromatic nitrogens is 4. The fraction of sp³-hybridized carbons (Fsp3) is 0. The molecule has 0 fully saturated rings. The first kappa shape index (κ1) is 14.5. The van der Waals surface area contributed by atoms with Gasteiger partial charge >= 0.3 is 0 Å². The second-order valence-corrected chi connectivity index (χ2v) is 5.25. The molecule has 0 aliphatic heterocycles. The molecule has 6 nitrogen and oxygen atoms in total. The number of nitrogens with one attached hydrogen (secondary N) is 1. The van der Waals surface area contributed by atoms with Gasteiger partial charge in [0.15, 0.2) is 0 Å². The minimum atomic E-state index is -0.315. The maximum absolute atomic E-state index is 12.5. The molecule has 22 heavy (non-hydrogen) atoms. The lowest BCUT2D eigenvalue weighted by molar-refractivity contribution is 0.102. The number of anilines is 1. The second kappa shape index (κ2) is 6.13. The van der Waals surface area contributed by atoms with Crippen molar-refractivity contribution >= 4 is 34.8 Å². The van der Waals surface area contributed by atoms with Gasteiger partial charge in [-0.25, -0.2) is 0 Å². The van der Waals surface area contributed by atoms with Gasteiger partial charge in [-0.2, -0.15) is 4.68 Å². The van der Waals surface area contributed by atoms with Crippen LogP contribution in [0.4, 0.5) is 5.69 Å². The molecule has 0 saturated heterocycles. The van der Waals surface area contributed by atoms with Crippen LogP contribution in [0.3, 0.4) is 0 Å². The zero-order valence-electron chi connectivity index (χ0n) is 11.1. The molecule has 0 saturated carbocycles. The molecule has 0 spiro atoms. The van der Waals surface area contributed by atoms with Gasteiger partial charge in [-0.3, -0.25) is 4.79 Å². The van der Waals surface area contributed by atoms with Gasteiger partial charge in [-0.05, 0) is 46.8 Å². The molecule has 0 aliphatic rings. The highest BCUT2D eigenvalue weighted by Gasteiger charge is 2.15. The van der Waals surface area contributed by atoms with E-state index in [0.717, 1.165) is 0 Å². The number of tetrazole rings is 1. The van der Waals surface area contributed by atoms with Crippen molar-refractivity contribution in [1.29, 1.82) is 0 Å². The number of nitrogens with zero attached hydrogens (tertiary/aromatic N) is 4. The molecular weight excluding hydrogens is 325 g/mol. The predicted octanol–water partition coefficient (Wildman–Crippen LogP) is 3.22. The zero-order chi connectivity index (χ0) is 15.5. The smallest absolute Gasteiger partial charge is 0.257 e. The van der Waals surface area contributed by atoms with Crippen LogP contribution in [0.15, 0.2) is 48.8 Å². The Morgan fingerprint density at radius 1 is 1.09 bits per heavy atom. The van der Waals surface area contributed by atoms with Gasteiger partial charge in [-0.1, -0.05) is 29.3 Å². The van der Waals surface area contributed by atoms with Crippen molar-refractivity contribution in [3.63, 3.8) is 0 Å². The maximum Gasteiger partial charge on any atom is 0.257 e. The molecule has 0 radical (unpaired) electrons. The van der Waals surface area contributed by atoms with Crippen molar-refractivity contribution in [3.05, 3.63) is 64.4 Å². The minimum Gasteiger partial charge on any atom is -0.322 e. The first-order valence-electron chi connectivity index (χ1n) is 6.23. The van der Waals surface area contributed by atoms with Crippen LogP contribution in [0.5, 0.6) is 0 Å². The molecule has 3 rings (SSSR count). The normalized spacial score (nSPS) is 10.5. The summed E-state index contributed by atoms with van der Waals surface area (Å²) in [6.07, 6.45) is 1.39. The monoisotopic (exact) mass is 333 g/mol. The molecule has 1 heterocycles. The van der Waals surface area contributed by atoms with Crippen LogP contribution in [0, 0.1) is 0 Å². The number of halogens is 2. The lowest BCUT2D eigenvalue weighted by Gasteiger charge is -2.10. The van der Waals surface area contributed by atoms with Crippen molar-refractivity contribution in [2.45, 2.75) is 0 Å². The summed E-state index contributed by atoms with van der Waals surface area (Å²) in [6, 6.07) is 11.7. The van der Waals surface area contributed by atoms with E-state index >= 15 is 0 Å². The van der Waals surface area contributed by atoms with Gasteiger partial charge in [0.05, 0.1) is 11.3 Å². The second-order valence-electron chi connectivity index (χ2n) is 4.38. The summed E-state index contributed by atoms with van der Waals surface area (Å²) in [5, 5.41) is 14.7. The fourth-order valence-electron chi connectivity index (χ4n) is 1.92. The average molecular weight is 334 g/mol. The number of carbonyl (C=O) groups excluding carboxylic acids is 1. The molecule has 8 heteroatoms. The third-order valence-corrected chi connectivity index (χ3v) is 3.35. The molecule has 2 aromatic carbocycles. The van der Waals surface area contributed by atoms with Crippen LogP contribution < -0.4 is 5.32 Å². The molecule has 0 aliphatic carbocycles. The summed E-state index contributed by atoms with van der Waals surface area (Å²) in [5.74, 6) is -0.315. The highest BCUT2D eigenvalue weighted by molar-refractivity contribution is 6.31. The van der Waals surface area contributed by atoms with Crippen molar-refractivity contribution in [1.82, 2.24) is 20.2 Å². The summed E-state index contributed by atoms with van der Waals surface area (Å²) in [4.78, 5) is 12.5. The van der Waals surface area contributed by atoms with Crippen LogP contribution in [0.25, 0.3) is 5.69 Å². The lowest BCUT2D eigenvalue weighted by Crippen LogP contribution is -2.15. The van der Waals surface area contributed by atoms with Gasteiger partial charge in [-0.15, -0.1) is 5.10 Å². The Labute approximate surface area is 135 Å². The number of amides is 1. The Morgan fingerprint density at radius 2 is 1.91 bits per heavy atom. The quantitative estimate of drug-likeness (QED) is 0.798. The number of hydrogen-bond donors (Lipinski definition) is 1. The number of carbonyl (C=O) groups is 1. The van der Waals surface area contributed by atoms with Crippen molar-refractivity contribution in [3.8, 4) is 5.69 Å². The number of benzene rings is 2. The predicted molar refractivity (Wildman–Crippen MR) is 83.6 cm³/mol. The van der Waals surface area contributed by atoms with Crippen LogP contribution in [0.2, 0.25) is 10.0 Å². The maximum atomic E-state index is 12.5. The van der Waals surface area contributed by atoms with Crippen LogP contribution in [-0.4, -0.2) is 26.1 Å². The van der Waals surface area contributed by atoms with Crippen molar-refractivity contribution in [2.24, 2.45) is 0 Å². The average Bonchev–Trinajstić information content (AvgIpc) is 3.01. The van der Waals surface area contributed by atoms with E-state index in [1.54, 1.807) is 42.5 Å². The highest BCUT2D eigenvalue weighted by Crippen LogP contribution is 2.21. The number of hydrogen-bond acceptors (Lipinski definition) is 4. The molecule has 0 bridgehead atoms. The van der Waals surface area contributed by atoms with Crippen molar-refractivity contribution < 1.29 is 4.79 Å². The molecular formula is C14H9Cl2N5O. The van der Waals surface area contributed by atoms with E-state index in [1.807, 2.05) is 0 Å². The van der Waals surface area contributed by atoms with Crippen LogP contribution in [-0.2, 0) is 0 Å². The van der Waals surface area contributed by atoms with Crippen LogP contribution in [0.1, 0.15) is 10.4 Å². The Hall–Kier alpha value is -2.44. The third-order valence-electron chi connectivity index (χ3n) is 2.88. The minimum absolute atomic E-state index is 0.315. The summed E-state index contributed by atoms with van der Waals surface area (Å²) < 4.78 is 1.37. The van der Waals surface area contributed by atoms with E-state index in [-0.39, 0.29) is 5.91 Å². The summed E-state index contributed by atoms with van der Waals surface area (Å²) in [7, 11) is 0. The first-order valence-corrected chi connectivity index (χ1v) is 6.99. The van der Waals surface area contributed by atoms with E-state index in [2.05, 4.69) is 20.8 Å². The van der Waals surface area contributed by atoms with Gasteiger partial charge in [0, 0.05) is 15.7 Å². The molecule has 0 atom stereocenters. The van der Waals surface area contributed by atoms with Gasteiger partial charge < -0.3 is 5.32 Å². The summed E-state index contributed by atoms with van der Waals surface area (Å²) >= 11 is 11.9. The Kier molecular flexibility index (Phi) is 4.04. The zero-order valence-corrected chi connectivity index (χ0v) is 12.6. The standard InChI is InChI=1S/C14H9Cl2N5O/c15-9-2-1-3-11(6-9)18-14(22)12-5-4-10(16)7-13(12)21-8-17-19-20-21/h1-8H,(H,18,22). The molecule has 0 unspecified atom stereocenters. The highest BCUT2D eigenvalue weighted by atomic mass is 35.5. The third kappa shape index (κ3) is 3.08. The Balaban J connectivity index is 1.96. The SMILES string of the molecule is O=C(Nc1cccc(Cl)c1)c1ccc(Cl)cc1-n1cnnn1. The molecule has 1 amide bonds. The lowest BCUT2D eigenvalue weighted by atomic mass is 10.1. The summed E-state index contributed by atoms with van der Waals surface area (Å²) in [5.41, 5.74) is 1.46. The Morgan fingerprint density at radius 3 is 2.64 bits per heavy atom. The molecule has 110 valence electrons. The molecule has 1 aromatic heterocycles. The van der Waals surface area contributed by atoms with Crippen molar-refractivity contribution in [2.75, 3.05) is 5.32 Å². The van der Waals surface area contributed by atoms with Gasteiger partial charge in [0.1, 0.15) is 6.33 Å². The topological polar surface area (TPSA) is 72.7 Å². The first-order chi connectivity index (χ1) is 10.6. The van der Waals surface area contributed by atoms with Gasteiger partial charge in [0.25, 0.3) is 5.91 Å². The van der Waals surface area contributed by atoms with Crippen LogP contribution >= 0.6 is 23.2 Å². The Bertz CT molecular complexity index is 820. The fourth-order valence-corrected chi connectivity index (χ4v) is 2.28. The van der Waals surface area contributed by atoms with E-state index in [1.165, 1.54) is 11.0 Å². The molecule has 1 N–H and O–H groups in total. The van der Waals surface area contributed by atoms with Gasteiger partial charge in [0.2, 0.25) is 0 Å². The van der Waals surface area contributed by atoms with E-state index < -0.39 is 0 Å². The molecule has 3 aromatic rings. The largest absolute Gasteiger partial charge is 0.322 e. The van der Waals surface area contributed by atoms with E-state index in [0.29, 0.717) is 27.0 Å². The van der Waals surface area contributed by atoms with E-state index in [9.17, 15) is 4.79 Å². The van der Waals surface area contributed by atoms with E-state index in [4.69, 9.17) is 23.2 Å².